The van der Waals surface area contributed by atoms with Crippen LogP contribution in [0.4, 0.5) is 0 Å². The molecule has 0 saturated carbocycles. The van der Waals surface area contributed by atoms with Crippen LogP contribution in [0.15, 0.2) is 0 Å². The first kappa shape index (κ1) is 25.3. The van der Waals surface area contributed by atoms with Crippen LogP contribution in [0.2, 0.25) is 0 Å². The van der Waals surface area contributed by atoms with Crippen molar-refractivity contribution in [3.05, 3.63) is 0 Å². The van der Waals surface area contributed by atoms with Crippen LogP contribution in [0.5, 0.6) is 0 Å². The fourth-order valence-corrected chi connectivity index (χ4v) is 0. The van der Waals surface area contributed by atoms with Crippen LogP contribution < -0.4 is 0 Å². The van der Waals surface area contributed by atoms with Gasteiger partial charge in [-0.15, -0.1) is 0 Å². The minimum atomic E-state index is 0. The third-order valence-electron chi connectivity index (χ3n) is 0. The van der Waals surface area contributed by atoms with E-state index in [0.29, 0.717) is 0 Å². The first-order valence-electron chi connectivity index (χ1n) is 0. The van der Waals surface area contributed by atoms with Crippen molar-refractivity contribution < 1.29 is 2.85 Å². The second-order valence-corrected chi connectivity index (χ2v) is 0. The van der Waals surface area contributed by atoms with E-state index in [-0.39, 0.29) is 117 Å². The van der Waals surface area contributed by atoms with E-state index in [1.54, 1.807) is 0 Å². The summed E-state index contributed by atoms with van der Waals surface area (Å²) < 4.78 is 0. The molecule has 0 heterocycles. The minimum absolute atomic E-state index is 0. The molecule has 0 bridgehead atoms. The summed E-state index contributed by atoms with van der Waals surface area (Å²) in [6, 6.07) is 0. The molecule has 0 spiro atoms. The molecule has 4 heavy (non-hydrogen) atoms. The van der Waals surface area contributed by atoms with E-state index in [1.807, 2.05) is 0 Å². The SMILES string of the molecule is S.[Ba+2].[BiH3].[H-].[H-].[InH3]. The molecule has 0 radical (unpaired) electrons. The molecular formula is H10BaBiInS. The van der Waals surface area contributed by atoms with Gasteiger partial charge in [-0.25, -0.2) is 0 Å². The summed E-state index contributed by atoms with van der Waals surface area (Å²) >= 11 is 0. The summed E-state index contributed by atoms with van der Waals surface area (Å²) in [5.74, 6) is 0. The van der Waals surface area contributed by atoms with Crippen molar-refractivity contribution in [2.45, 2.75) is 0 Å². The van der Waals surface area contributed by atoms with Crippen LogP contribution in [-0.2, 0) is 0 Å². The molecule has 0 amide bonds. The molecule has 0 N–H and O–H groups in total. The van der Waals surface area contributed by atoms with Gasteiger partial charge in [0, 0.05) is 0 Å². The van der Waals surface area contributed by atoms with E-state index in [2.05, 4.69) is 0 Å². The van der Waals surface area contributed by atoms with Gasteiger partial charge in [-0.3, -0.25) is 0 Å². The van der Waals surface area contributed by atoms with Crippen molar-refractivity contribution in [1.82, 2.24) is 0 Å². The number of rotatable bonds is 0. The molecular weight excluding hydrogens is 493 g/mol. The van der Waals surface area contributed by atoms with Gasteiger partial charge in [0.1, 0.15) is 0 Å². The van der Waals surface area contributed by atoms with E-state index in [1.165, 1.54) is 0 Å². The molecule has 0 nitrogen and oxygen atoms in total. The molecule has 4 heteroatoms. The Kier molecular flexibility index (Phi) is 101. The van der Waals surface area contributed by atoms with Crippen molar-refractivity contribution >= 4 is 114 Å². The summed E-state index contributed by atoms with van der Waals surface area (Å²) in [6.45, 7) is 0. The quantitative estimate of drug-likeness (QED) is 0.324. The van der Waals surface area contributed by atoms with Crippen LogP contribution in [0.3, 0.4) is 0 Å². The van der Waals surface area contributed by atoms with Crippen LogP contribution in [-0.4, -0.2) is 101 Å². The molecule has 0 fully saturated rings. The van der Waals surface area contributed by atoms with Crippen molar-refractivity contribution in [3.8, 4) is 0 Å². The van der Waals surface area contributed by atoms with Gasteiger partial charge in [0.05, 0.1) is 0 Å². The van der Waals surface area contributed by atoms with Gasteiger partial charge in [0.25, 0.3) is 0 Å². The topological polar surface area (TPSA) is 0 Å². The normalized spacial score (nSPS) is 0. The maximum absolute atomic E-state index is 0. The van der Waals surface area contributed by atoms with E-state index < -0.39 is 0 Å². The Hall–Kier alpha value is 3.67. The van der Waals surface area contributed by atoms with Gasteiger partial charge in [-0.2, -0.15) is 13.5 Å². The maximum atomic E-state index is 0. The zero-order chi connectivity index (χ0) is 0. The molecule has 0 unspecified atom stereocenters. The fourth-order valence-electron chi connectivity index (χ4n) is 0. The van der Waals surface area contributed by atoms with E-state index >= 15 is 0 Å². The van der Waals surface area contributed by atoms with Crippen molar-refractivity contribution in [2.75, 3.05) is 0 Å². The molecule has 0 saturated heterocycles. The molecule has 0 aromatic heterocycles. The molecule has 0 aliphatic rings. The van der Waals surface area contributed by atoms with Gasteiger partial charge in [0.2, 0.25) is 0 Å². The molecule has 0 rings (SSSR count). The number of hydrogen-bond donors (Lipinski definition) is 0. The van der Waals surface area contributed by atoms with Gasteiger partial charge in [0.15, 0.2) is 0 Å². The van der Waals surface area contributed by atoms with Gasteiger partial charge in [-0.05, 0) is 0 Å². The Bertz CT molecular complexity index is 13.5. The zero-order valence-corrected chi connectivity index (χ0v) is 12.9. The summed E-state index contributed by atoms with van der Waals surface area (Å²) in [6.07, 6.45) is 0. The van der Waals surface area contributed by atoms with Crippen LogP contribution in [0, 0.1) is 0 Å². The zero-order valence-electron chi connectivity index (χ0n) is 3.91. The van der Waals surface area contributed by atoms with Crippen molar-refractivity contribution in [1.29, 1.82) is 0 Å². The Morgan fingerprint density at radius 1 is 1.25 bits per heavy atom. The predicted molar refractivity (Wildman–Crippen MR) is 38.2 cm³/mol. The van der Waals surface area contributed by atoms with Gasteiger partial charge < -0.3 is 2.85 Å². The van der Waals surface area contributed by atoms with Gasteiger partial charge >= 0.3 is 101 Å². The molecule has 0 aliphatic heterocycles. The summed E-state index contributed by atoms with van der Waals surface area (Å²) in [7, 11) is 0. The van der Waals surface area contributed by atoms with Crippen molar-refractivity contribution in [3.63, 3.8) is 0 Å². The third-order valence-corrected chi connectivity index (χ3v) is 0. The molecule has 26 valence electrons. The average molecular weight is 503 g/mol. The summed E-state index contributed by atoms with van der Waals surface area (Å²) in [5, 5.41) is 0. The van der Waals surface area contributed by atoms with Crippen molar-refractivity contribution in [2.24, 2.45) is 0 Å². The Balaban J connectivity index is 0. The Morgan fingerprint density at radius 3 is 1.25 bits per heavy atom. The fraction of sp³-hybridized carbons (Fsp3) is 0. The monoisotopic (exact) mass is 504 g/mol. The Morgan fingerprint density at radius 2 is 1.25 bits per heavy atom. The Labute approximate surface area is 114 Å². The van der Waals surface area contributed by atoms with E-state index in [4.69, 9.17) is 0 Å². The van der Waals surface area contributed by atoms with Crippen LogP contribution in [0.25, 0.3) is 0 Å². The standard InChI is InChI=1S/Ba.Bi.In.H2S.8H/h;;;1H2;;;;;;;;/q+2;;;;;;;;;;2*-1. The van der Waals surface area contributed by atoms with E-state index in [9.17, 15) is 0 Å². The average Bonchev–Trinajstić information content (AvgIpc) is 0. The van der Waals surface area contributed by atoms with Crippen LogP contribution >= 0.6 is 13.5 Å². The first-order chi connectivity index (χ1) is 0. The summed E-state index contributed by atoms with van der Waals surface area (Å²) in [4.78, 5) is 0. The van der Waals surface area contributed by atoms with Crippen LogP contribution in [0.1, 0.15) is 2.85 Å². The second-order valence-electron chi connectivity index (χ2n) is 0. The third kappa shape index (κ3) is 9.18. The second kappa shape index (κ2) is 15.9. The first-order valence-corrected chi connectivity index (χ1v) is 0. The van der Waals surface area contributed by atoms with E-state index in [0.717, 1.165) is 0 Å². The predicted octanol–water partition coefficient (Wildman–Crippen LogP) is -2.41. The van der Waals surface area contributed by atoms with Gasteiger partial charge in [-0.1, -0.05) is 0 Å². The molecule has 0 aromatic rings. The molecule has 0 atom stereocenters. The molecule has 0 aromatic carbocycles. The number of hydrogen-bond acceptors (Lipinski definition) is 0. The summed E-state index contributed by atoms with van der Waals surface area (Å²) in [5.41, 5.74) is 0. The molecule has 0 aliphatic carbocycles.